The molecule has 6 aromatic rings. The maximum absolute atomic E-state index is 10.4. The van der Waals surface area contributed by atoms with Gasteiger partial charge in [0, 0.05) is 47.8 Å². The average molecular weight is 750 g/mol. The Labute approximate surface area is 262 Å². The zero-order valence-corrected chi connectivity index (χ0v) is 26.8. The number of aromatic nitrogens is 2. The predicted molar refractivity (Wildman–Crippen MR) is 178 cm³/mol. The number of Topliss-reactive ketones (excluding diaryl/α,β-unsaturated/α-hetero) is 2. The number of ketones is 2. The summed E-state index contributed by atoms with van der Waals surface area (Å²) < 4.78 is 3.16. The van der Waals surface area contributed by atoms with Crippen molar-refractivity contribution in [2.75, 3.05) is 5.43 Å². The summed E-state index contributed by atoms with van der Waals surface area (Å²) >= 11 is 10.6. The molecule has 0 unspecified atom stereocenters. The number of hydrogen-bond acceptors (Lipinski definition) is 4. The molecular weight excluding hydrogens is 724 g/mol. The molecular formula is C30H26Br3ClN4O2. The number of aromatic amines is 2. The fraction of sp³-hybridized carbons (Fsp3) is 0.133. The number of nitrogens with one attached hydrogen (secondary N) is 3. The average Bonchev–Trinajstić information content (AvgIpc) is 3.52. The number of halogens is 4. The highest BCUT2D eigenvalue weighted by Gasteiger charge is 2.17. The summed E-state index contributed by atoms with van der Waals surface area (Å²) in [6, 6.07) is 24.7. The van der Waals surface area contributed by atoms with Crippen molar-refractivity contribution >= 4 is 121 Å². The van der Waals surface area contributed by atoms with Crippen molar-refractivity contribution in [3.63, 3.8) is 0 Å². The number of nitrogen functional groups attached to an aromatic ring is 1. The number of nitrogens with two attached hydrogens (primary N) is 1. The van der Waals surface area contributed by atoms with Crippen molar-refractivity contribution in [1.82, 2.24) is 9.97 Å². The van der Waals surface area contributed by atoms with Crippen LogP contribution in [0.2, 0.25) is 0 Å². The number of para-hydroxylation sites is 3. The maximum atomic E-state index is 10.4. The molecule has 5 N–H and O–H groups in total. The Morgan fingerprint density at radius 2 is 1.00 bits per heavy atom. The van der Waals surface area contributed by atoms with Gasteiger partial charge in [0.2, 0.25) is 0 Å². The van der Waals surface area contributed by atoms with Gasteiger partial charge in [0.25, 0.3) is 0 Å². The summed E-state index contributed by atoms with van der Waals surface area (Å²) in [4.78, 5) is 28.0. The molecule has 40 heavy (non-hydrogen) atoms. The quantitative estimate of drug-likeness (QED) is 0.0765. The van der Waals surface area contributed by atoms with E-state index in [0.29, 0.717) is 12.8 Å². The van der Waals surface area contributed by atoms with E-state index in [1.165, 1.54) is 21.5 Å². The molecule has 6 nitrogen and oxygen atoms in total. The number of fused-ring (bicyclic) bond motifs is 7. The van der Waals surface area contributed by atoms with E-state index in [-0.39, 0.29) is 24.0 Å². The van der Waals surface area contributed by atoms with Crippen LogP contribution < -0.4 is 11.3 Å². The van der Waals surface area contributed by atoms with Crippen LogP contribution in [0.3, 0.4) is 0 Å². The highest BCUT2D eigenvalue weighted by atomic mass is 79.9. The van der Waals surface area contributed by atoms with Crippen molar-refractivity contribution in [1.29, 1.82) is 0 Å². The monoisotopic (exact) mass is 746 g/mol. The number of hydrogen-bond donors (Lipinski definition) is 4. The second kappa shape index (κ2) is 13.3. The van der Waals surface area contributed by atoms with Gasteiger partial charge < -0.3 is 15.4 Å². The predicted octanol–water partition coefficient (Wildman–Crippen LogP) is 9.34. The number of carbonyl (C=O) groups excluding carboxylic acids is 2. The van der Waals surface area contributed by atoms with E-state index in [9.17, 15) is 9.59 Å². The van der Waals surface area contributed by atoms with Gasteiger partial charge in [-0.25, -0.2) is 0 Å². The topological polar surface area (TPSA) is 104 Å². The van der Waals surface area contributed by atoms with Crippen molar-refractivity contribution in [3.05, 3.63) is 86.2 Å². The van der Waals surface area contributed by atoms with Crippen molar-refractivity contribution in [2.24, 2.45) is 5.84 Å². The maximum Gasteiger partial charge on any atom is 0.198 e. The Bertz CT molecular complexity index is 1740. The van der Waals surface area contributed by atoms with Gasteiger partial charge in [-0.1, -0.05) is 48.5 Å². The van der Waals surface area contributed by atoms with Crippen LogP contribution in [0.15, 0.2) is 86.2 Å². The molecule has 0 radical (unpaired) electrons. The Morgan fingerprint density at radius 3 is 1.40 bits per heavy atom. The molecule has 0 spiro atoms. The highest BCUT2D eigenvalue weighted by molar-refractivity contribution is 9.11. The summed E-state index contributed by atoms with van der Waals surface area (Å²) in [5, 5.41) is 4.96. The van der Waals surface area contributed by atoms with Crippen LogP contribution in [0.5, 0.6) is 0 Å². The molecule has 7 rings (SSSR count). The third-order valence-corrected chi connectivity index (χ3v) is 8.72. The van der Waals surface area contributed by atoms with Crippen LogP contribution in [0.4, 0.5) is 5.69 Å². The lowest BCUT2D eigenvalue weighted by molar-refractivity contribution is -0.137. The van der Waals surface area contributed by atoms with Gasteiger partial charge in [-0.3, -0.25) is 15.4 Å². The van der Waals surface area contributed by atoms with Crippen LogP contribution >= 0.6 is 60.2 Å². The zero-order chi connectivity index (χ0) is 27.5. The van der Waals surface area contributed by atoms with Crippen LogP contribution in [-0.2, 0) is 9.59 Å². The number of hydrazine groups is 1. The standard InChI is InChI=1S/C18H10Br2N2.C6H7BrN2.C6H8O2.ClH/c19-13-5-1-3-9-11-7-8-12-10-4-2-6-14(20)16(10)22-18(12)17(11)21-15(9)13;7-5-3-1-2-4-6(5)9-8;7-5-3-1-2-4-6(5)8;/h1-8,21-22H;1-4,9H,8H2;1-4H2;1H. The zero-order valence-electron chi connectivity index (χ0n) is 21.2. The lowest BCUT2D eigenvalue weighted by Crippen LogP contribution is -2.17. The molecule has 1 saturated carbocycles. The lowest BCUT2D eigenvalue weighted by atomic mass is 9.98. The smallest absolute Gasteiger partial charge is 0.198 e. The molecule has 0 amide bonds. The van der Waals surface area contributed by atoms with Gasteiger partial charge in [0.05, 0.1) is 27.8 Å². The third kappa shape index (κ3) is 6.14. The molecule has 1 fully saturated rings. The molecule has 4 aromatic carbocycles. The second-order valence-electron chi connectivity index (χ2n) is 9.16. The van der Waals surface area contributed by atoms with Gasteiger partial charge in [0.1, 0.15) is 0 Å². The van der Waals surface area contributed by atoms with E-state index in [2.05, 4.69) is 112 Å². The largest absolute Gasteiger partial charge is 0.352 e. The third-order valence-electron chi connectivity index (χ3n) is 6.71. The molecule has 10 heteroatoms. The first-order valence-corrected chi connectivity index (χ1v) is 14.8. The van der Waals surface area contributed by atoms with Gasteiger partial charge in [-0.2, -0.15) is 0 Å². The van der Waals surface area contributed by atoms with Gasteiger partial charge in [-0.15, -0.1) is 12.4 Å². The van der Waals surface area contributed by atoms with E-state index in [4.69, 9.17) is 5.84 Å². The second-order valence-corrected chi connectivity index (χ2v) is 11.7. The molecule has 1 aliphatic rings. The summed E-state index contributed by atoms with van der Waals surface area (Å²) in [5.41, 5.74) is 8.04. The summed E-state index contributed by atoms with van der Waals surface area (Å²) in [7, 11) is 0. The Hall–Kier alpha value is -2.69. The van der Waals surface area contributed by atoms with Crippen LogP contribution in [0, 0.1) is 0 Å². The number of rotatable bonds is 1. The first-order valence-electron chi connectivity index (χ1n) is 12.4. The van der Waals surface area contributed by atoms with E-state index < -0.39 is 0 Å². The van der Waals surface area contributed by atoms with Crippen molar-refractivity contribution < 1.29 is 9.59 Å². The molecule has 2 aromatic heterocycles. The van der Waals surface area contributed by atoms with E-state index in [0.717, 1.165) is 54.0 Å². The summed E-state index contributed by atoms with van der Waals surface area (Å²) in [5.74, 6) is 4.83. The Morgan fingerprint density at radius 1 is 0.575 bits per heavy atom. The number of anilines is 1. The minimum absolute atomic E-state index is 0. The van der Waals surface area contributed by atoms with Gasteiger partial charge in [0.15, 0.2) is 11.6 Å². The first kappa shape index (κ1) is 30.3. The molecule has 0 bridgehead atoms. The number of carbonyl (C=O) groups is 2. The molecule has 2 heterocycles. The highest BCUT2D eigenvalue weighted by Crippen LogP contribution is 2.37. The minimum atomic E-state index is -0.170. The number of benzene rings is 4. The molecule has 0 atom stereocenters. The first-order chi connectivity index (χ1) is 18.9. The van der Waals surface area contributed by atoms with E-state index in [1.54, 1.807) is 0 Å². The van der Waals surface area contributed by atoms with Crippen LogP contribution in [0.1, 0.15) is 25.7 Å². The van der Waals surface area contributed by atoms with Gasteiger partial charge in [-0.05, 0) is 84.9 Å². The fourth-order valence-corrected chi connectivity index (χ4v) is 6.07. The van der Waals surface area contributed by atoms with E-state index in [1.807, 2.05) is 24.3 Å². The Kier molecular flexibility index (Phi) is 10.1. The summed E-state index contributed by atoms with van der Waals surface area (Å²) in [6.07, 6.45) is 2.78. The molecule has 206 valence electrons. The molecule has 0 saturated heterocycles. The lowest BCUT2D eigenvalue weighted by Gasteiger charge is -2.04. The summed E-state index contributed by atoms with van der Waals surface area (Å²) in [6.45, 7) is 0. The molecule has 0 aliphatic heterocycles. The van der Waals surface area contributed by atoms with Crippen molar-refractivity contribution in [3.8, 4) is 0 Å². The fourth-order valence-electron chi connectivity index (χ4n) is 4.74. The number of H-pyrrole nitrogens is 2. The van der Waals surface area contributed by atoms with Gasteiger partial charge >= 0.3 is 0 Å². The minimum Gasteiger partial charge on any atom is -0.352 e. The SMILES string of the molecule is Brc1cccc2c1[nH]c1c2ccc2c3cccc(Br)c3[nH]c21.Cl.NNc1ccccc1Br.O=C1CCCCC1=O. The van der Waals surface area contributed by atoms with Crippen molar-refractivity contribution in [2.45, 2.75) is 25.7 Å². The molecule has 1 aliphatic carbocycles. The normalized spacial score (nSPS) is 13.0. The van der Waals surface area contributed by atoms with E-state index >= 15 is 0 Å². The van der Waals surface area contributed by atoms with Crippen LogP contribution in [0.25, 0.3) is 43.6 Å². The van der Waals surface area contributed by atoms with Crippen LogP contribution in [-0.4, -0.2) is 21.5 Å². The Balaban J connectivity index is 0.000000171.